The van der Waals surface area contributed by atoms with Gasteiger partial charge in [-0.1, -0.05) is 24.3 Å². The molecule has 0 amide bonds. The van der Waals surface area contributed by atoms with E-state index in [0.717, 1.165) is 36.0 Å². The highest BCUT2D eigenvalue weighted by molar-refractivity contribution is 7.80. The molecule has 4 rings (SSSR count). The average Bonchev–Trinajstić information content (AvgIpc) is 3.34. The van der Waals surface area contributed by atoms with E-state index in [1.807, 2.05) is 24.4 Å². The monoisotopic (exact) mass is 405 g/mol. The van der Waals surface area contributed by atoms with E-state index in [9.17, 15) is 0 Å². The Morgan fingerprint density at radius 3 is 2.59 bits per heavy atom. The van der Waals surface area contributed by atoms with Gasteiger partial charge in [0.15, 0.2) is 5.11 Å². The number of thiocarbonyl (C=S) groups is 1. The summed E-state index contributed by atoms with van der Waals surface area (Å²) in [5, 5.41) is 4.33. The second-order valence-electron chi connectivity index (χ2n) is 7.66. The molecule has 150 valence electrons. The van der Waals surface area contributed by atoms with Crippen molar-refractivity contribution >= 4 is 17.3 Å². The Morgan fingerprint density at radius 1 is 1.07 bits per heavy atom. The zero-order chi connectivity index (χ0) is 20.2. The van der Waals surface area contributed by atoms with Gasteiger partial charge in [0.1, 0.15) is 0 Å². The maximum atomic E-state index is 5.74. The molecule has 1 fully saturated rings. The van der Waals surface area contributed by atoms with E-state index in [1.54, 1.807) is 0 Å². The van der Waals surface area contributed by atoms with Crippen LogP contribution in [0, 0.1) is 0 Å². The van der Waals surface area contributed by atoms with Gasteiger partial charge in [-0.3, -0.25) is 4.98 Å². The highest BCUT2D eigenvalue weighted by Crippen LogP contribution is 2.38. The Balaban J connectivity index is 1.66. The molecule has 1 aliphatic rings. The highest BCUT2D eigenvalue weighted by Gasteiger charge is 2.39. The summed E-state index contributed by atoms with van der Waals surface area (Å²) >= 11 is 5.74. The fourth-order valence-corrected chi connectivity index (χ4v) is 4.25. The molecule has 5 nitrogen and oxygen atoms in total. The predicted octanol–water partition coefficient (Wildman–Crippen LogP) is 3.80. The first-order valence-corrected chi connectivity index (χ1v) is 10.4. The Bertz CT molecular complexity index is 938. The van der Waals surface area contributed by atoms with Crippen LogP contribution < -0.4 is 5.32 Å². The summed E-state index contributed by atoms with van der Waals surface area (Å²) in [4.78, 5) is 9.15. The molecular formula is C23H27N5S. The number of aromatic nitrogens is 2. The second-order valence-corrected chi connectivity index (χ2v) is 8.05. The van der Waals surface area contributed by atoms with Crippen molar-refractivity contribution in [2.24, 2.45) is 0 Å². The summed E-state index contributed by atoms with van der Waals surface area (Å²) in [6.07, 6.45) is 7.24. The fraction of sp³-hybridized carbons (Fsp3) is 0.304. The number of hydrogen-bond acceptors (Lipinski definition) is 3. The minimum absolute atomic E-state index is 0.0367. The predicted molar refractivity (Wildman–Crippen MR) is 121 cm³/mol. The smallest absolute Gasteiger partial charge is 0.170 e. The number of pyridine rings is 1. The lowest BCUT2D eigenvalue weighted by Crippen LogP contribution is -2.32. The van der Waals surface area contributed by atoms with Gasteiger partial charge in [0, 0.05) is 30.8 Å². The van der Waals surface area contributed by atoms with Gasteiger partial charge in [-0.25, -0.2) is 0 Å². The third-order valence-corrected chi connectivity index (χ3v) is 5.67. The molecule has 0 saturated carbocycles. The fourth-order valence-electron chi connectivity index (χ4n) is 3.92. The van der Waals surface area contributed by atoms with Crippen molar-refractivity contribution in [3.8, 4) is 5.69 Å². The van der Waals surface area contributed by atoms with Crippen molar-refractivity contribution in [3.63, 3.8) is 0 Å². The molecule has 3 aromatic rings. The second kappa shape index (κ2) is 8.76. The van der Waals surface area contributed by atoms with Crippen LogP contribution in [0.1, 0.15) is 29.8 Å². The van der Waals surface area contributed by atoms with Crippen molar-refractivity contribution in [2.45, 2.75) is 18.5 Å². The van der Waals surface area contributed by atoms with Crippen LogP contribution >= 0.6 is 12.2 Å². The van der Waals surface area contributed by atoms with E-state index in [1.165, 1.54) is 5.56 Å². The lowest BCUT2D eigenvalue weighted by Gasteiger charge is -2.27. The molecule has 1 aliphatic heterocycles. The largest absolute Gasteiger partial charge is 0.352 e. The number of nitrogens with one attached hydrogen (secondary N) is 1. The maximum absolute atomic E-state index is 5.74. The SMILES string of the molecule is CN(C)CCCN1C(=S)N[C@@H](c2ccccn2)[C@H]1c1ccn(-c2ccccc2)c1. The number of nitrogens with zero attached hydrogens (tertiary/aromatic N) is 4. The third kappa shape index (κ3) is 4.33. The molecule has 1 saturated heterocycles. The molecular weight excluding hydrogens is 378 g/mol. The van der Waals surface area contributed by atoms with Crippen molar-refractivity contribution in [1.29, 1.82) is 0 Å². The minimum atomic E-state index is 0.0367. The van der Waals surface area contributed by atoms with Crippen molar-refractivity contribution < 1.29 is 0 Å². The normalized spacial score (nSPS) is 19.0. The van der Waals surface area contributed by atoms with Crippen molar-refractivity contribution in [3.05, 3.63) is 84.4 Å². The summed E-state index contributed by atoms with van der Waals surface area (Å²) in [5.74, 6) is 0. The van der Waals surface area contributed by atoms with Crippen LogP contribution in [0.25, 0.3) is 5.69 Å². The number of hydrogen-bond donors (Lipinski definition) is 1. The van der Waals surface area contributed by atoms with E-state index in [-0.39, 0.29) is 12.1 Å². The zero-order valence-corrected chi connectivity index (χ0v) is 17.7. The Morgan fingerprint density at radius 2 is 1.86 bits per heavy atom. The van der Waals surface area contributed by atoms with Gasteiger partial charge >= 0.3 is 0 Å². The minimum Gasteiger partial charge on any atom is -0.352 e. The Labute approximate surface area is 178 Å². The topological polar surface area (TPSA) is 36.3 Å². The zero-order valence-electron chi connectivity index (χ0n) is 16.9. The first kappa shape index (κ1) is 19.6. The first-order valence-electron chi connectivity index (χ1n) is 9.99. The van der Waals surface area contributed by atoms with Crippen LogP contribution in [0.5, 0.6) is 0 Å². The van der Waals surface area contributed by atoms with Gasteiger partial charge in [0.25, 0.3) is 0 Å². The highest BCUT2D eigenvalue weighted by atomic mass is 32.1. The van der Waals surface area contributed by atoms with E-state index < -0.39 is 0 Å². The maximum Gasteiger partial charge on any atom is 0.170 e. The standard InChI is InChI=1S/C23H27N5S/c1-26(2)14-8-15-28-22(21(25-23(28)29)20-11-6-7-13-24-20)18-12-16-27(17-18)19-9-4-3-5-10-19/h3-7,9-13,16-17,21-22H,8,14-15H2,1-2H3,(H,25,29)/t21-,22+/m0/s1. The van der Waals surface area contributed by atoms with Crippen LogP contribution in [0.15, 0.2) is 73.2 Å². The average molecular weight is 406 g/mol. The molecule has 0 radical (unpaired) electrons. The van der Waals surface area contributed by atoms with E-state index in [0.29, 0.717) is 0 Å². The Hall–Kier alpha value is -2.70. The van der Waals surface area contributed by atoms with E-state index >= 15 is 0 Å². The molecule has 0 unspecified atom stereocenters. The van der Waals surface area contributed by atoms with Crippen LogP contribution in [-0.4, -0.2) is 51.6 Å². The molecule has 0 spiro atoms. The lowest BCUT2D eigenvalue weighted by molar-refractivity contribution is 0.293. The van der Waals surface area contributed by atoms with Crippen molar-refractivity contribution in [2.75, 3.05) is 27.2 Å². The van der Waals surface area contributed by atoms with Crippen LogP contribution in [0.4, 0.5) is 0 Å². The van der Waals surface area contributed by atoms with Gasteiger partial charge < -0.3 is 19.7 Å². The molecule has 2 aromatic heterocycles. The quantitative estimate of drug-likeness (QED) is 0.605. The van der Waals surface area contributed by atoms with Gasteiger partial charge in [-0.2, -0.15) is 0 Å². The van der Waals surface area contributed by atoms with E-state index in [4.69, 9.17) is 12.2 Å². The number of rotatable bonds is 7. The molecule has 6 heteroatoms. The summed E-state index contributed by atoms with van der Waals surface area (Å²) in [6.45, 7) is 1.94. The molecule has 2 atom stereocenters. The molecule has 3 heterocycles. The first-order chi connectivity index (χ1) is 14.1. The Kier molecular flexibility index (Phi) is 5.92. The van der Waals surface area contributed by atoms with Gasteiger partial charge in [0.05, 0.1) is 17.8 Å². The third-order valence-electron chi connectivity index (χ3n) is 5.31. The number of para-hydroxylation sites is 1. The van der Waals surface area contributed by atoms with Crippen LogP contribution in [0.3, 0.4) is 0 Å². The molecule has 0 bridgehead atoms. The lowest BCUT2D eigenvalue weighted by atomic mass is 9.99. The molecule has 0 aliphatic carbocycles. The van der Waals surface area contributed by atoms with Gasteiger partial charge in [-0.05, 0) is 75.2 Å². The molecule has 1 N–H and O–H groups in total. The van der Waals surface area contributed by atoms with Gasteiger partial charge in [0.2, 0.25) is 0 Å². The summed E-state index contributed by atoms with van der Waals surface area (Å²) < 4.78 is 2.17. The molecule has 1 aromatic carbocycles. The van der Waals surface area contributed by atoms with Crippen LogP contribution in [-0.2, 0) is 0 Å². The summed E-state index contributed by atoms with van der Waals surface area (Å²) in [6, 6.07) is 18.8. The summed E-state index contributed by atoms with van der Waals surface area (Å²) in [5.41, 5.74) is 3.41. The molecule has 29 heavy (non-hydrogen) atoms. The number of benzene rings is 1. The van der Waals surface area contributed by atoms with E-state index in [2.05, 4.69) is 87.6 Å². The van der Waals surface area contributed by atoms with Crippen LogP contribution in [0.2, 0.25) is 0 Å². The summed E-state index contributed by atoms with van der Waals surface area (Å²) in [7, 11) is 4.21. The van der Waals surface area contributed by atoms with Crippen molar-refractivity contribution in [1.82, 2.24) is 24.7 Å². The van der Waals surface area contributed by atoms with Gasteiger partial charge in [-0.15, -0.1) is 0 Å².